The zero-order valence-corrected chi connectivity index (χ0v) is 17.2. The van der Waals surface area contributed by atoms with Crippen molar-refractivity contribution in [3.05, 3.63) is 78.0 Å². The third-order valence-electron chi connectivity index (χ3n) is 4.17. The molecule has 0 fully saturated rings. The molecule has 0 atom stereocenters. The van der Waals surface area contributed by atoms with Gasteiger partial charge in [0, 0.05) is 17.6 Å². The second-order valence-electron chi connectivity index (χ2n) is 6.21. The second kappa shape index (κ2) is 8.15. The summed E-state index contributed by atoms with van der Waals surface area (Å²) in [5, 5.41) is 0.767. The normalized spacial score (nSPS) is 11.4. The number of rotatable bonds is 6. The lowest BCUT2D eigenvalue weighted by Gasteiger charge is -2.22. The number of hydrogen-bond acceptors (Lipinski definition) is 4. The van der Waals surface area contributed by atoms with Crippen LogP contribution in [0.1, 0.15) is 18.1 Å². The van der Waals surface area contributed by atoms with Crippen LogP contribution < -0.4 is 4.31 Å². The first-order chi connectivity index (χ1) is 12.9. The van der Waals surface area contributed by atoms with E-state index in [0.717, 1.165) is 9.92 Å². The molecule has 0 spiro atoms. The van der Waals surface area contributed by atoms with Gasteiger partial charge < -0.3 is 0 Å². The van der Waals surface area contributed by atoms with E-state index in [1.165, 1.54) is 33.4 Å². The zero-order valence-electron chi connectivity index (χ0n) is 15.6. The molecule has 0 aliphatic heterocycles. The largest absolute Gasteiger partial charge is 0.267 e. The number of aryl methyl sites for hydroxylation is 2. The molecular weight excluding hydrogens is 376 g/mol. The Bertz CT molecular complexity index is 1020. The maximum Gasteiger partial charge on any atom is 0.265 e. The first-order valence-corrected chi connectivity index (χ1v) is 11.0. The number of hydrogen-bond donors (Lipinski definition) is 0. The molecule has 0 bridgehead atoms. The van der Waals surface area contributed by atoms with E-state index in [4.69, 9.17) is 0 Å². The van der Waals surface area contributed by atoms with Crippen LogP contribution in [0.25, 0.3) is 0 Å². The summed E-state index contributed by atoms with van der Waals surface area (Å²) in [7, 11) is -3.65. The Morgan fingerprint density at radius 1 is 1.00 bits per heavy atom. The molecule has 0 saturated carbocycles. The van der Waals surface area contributed by atoms with Crippen LogP contribution in [-0.2, 0) is 10.0 Å². The minimum Gasteiger partial charge on any atom is -0.267 e. The van der Waals surface area contributed by atoms with Gasteiger partial charge in [0.25, 0.3) is 10.0 Å². The van der Waals surface area contributed by atoms with Gasteiger partial charge in [-0.15, -0.1) is 0 Å². The number of nitrogens with zero attached hydrogens (tertiary/aromatic N) is 2. The van der Waals surface area contributed by atoms with Gasteiger partial charge in [-0.2, -0.15) is 0 Å². The minimum atomic E-state index is -3.65. The summed E-state index contributed by atoms with van der Waals surface area (Å²) in [5.74, 6) is 0. The second-order valence-corrected chi connectivity index (χ2v) is 9.13. The van der Waals surface area contributed by atoms with Crippen LogP contribution in [0.2, 0.25) is 0 Å². The Balaban J connectivity index is 1.85. The molecule has 0 aliphatic carbocycles. The third-order valence-corrected chi connectivity index (χ3v) is 7.19. The van der Waals surface area contributed by atoms with Crippen LogP contribution in [0.3, 0.4) is 0 Å². The van der Waals surface area contributed by atoms with E-state index >= 15 is 0 Å². The Morgan fingerprint density at radius 2 is 1.74 bits per heavy atom. The summed E-state index contributed by atoms with van der Waals surface area (Å²) in [4.78, 5) is 5.68. The highest BCUT2D eigenvalue weighted by molar-refractivity contribution is 7.99. The number of para-hydroxylation sites is 1. The van der Waals surface area contributed by atoms with Gasteiger partial charge in [-0.05, 0) is 56.7 Å². The fourth-order valence-electron chi connectivity index (χ4n) is 2.82. The average Bonchev–Trinajstić information content (AvgIpc) is 2.66. The summed E-state index contributed by atoms with van der Waals surface area (Å²) >= 11 is 1.53. The molecule has 140 valence electrons. The fourth-order valence-corrected chi connectivity index (χ4v) is 5.06. The van der Waals surface area contributed by atoms with Gasteiger partial charge >= 0.3 is 0 Å². The molecule has 2 aromatic carbocycles. The van der Waals surface area contributed by atoms with Crippen LogP contribution in [0.5, 0.6) is 0 Å². The van der Waals surface area contributed by atoms with E-state index in [2.05, 4.69) is 37.0 Å². The molecule has 3 rings (SSSR count). The molecule has 1 aromatic heterocycles. The first-order valence-electron chi connectivity index (χ1n) is 8.71. The van der Waals surface area contributed by atoms with E-state index in [1.807, 2.05) is 25.1 Å². The number of anilines is 1. The zero-order chi connectivity index (χ0) is 19.4. The molecule has 0 amide bonds. The molecule has 27 heavy (non-hydrogen) atoms. The predicted molar refractivity (Wildman–Crippen MR) is 111 cm³/mol. The molecule has 3 aromatic rings. The van der Waals surface area contributed by atoms with Gasteiger partial charge in [-0.1, -0.05) is 47.7 Å². The molecule has 0 radical (unpaired) electrons. The molecule has 1 heterocycles. The number of benzene rings is 2. The highest BCUT2D eigenvalue weighted by atomic mass is 32.2. The number of aromatic nitrogens is 1. The van der Waals surface area contributed by atoms with Gasteiger partial charge in [-0.3, -0.25) is 4.31 Å². The smallest absolute Gasteiger partial charge is 0.265 e. The van der Waals surface area contributed by atoms with Gasteiger partial charge in [-0.25, -0.2) is 13.4 Å². The fraction of sp³-hybridized carbons (Fsp3) is 0.190. The summed E-state index contributed by atoms with van der Waals surface area (Å²) in [6.07, 6.45) is 1.44. The van der Waals surface area contributed by atoms with Crippen LogP contribution in [-0.4, -0.2) is 19.9 Å². The Hall–Kier alpha value is -2.31. The summed E-state index contributed by atoms with van der Waals surface area (Å²) in [5.41, 5.74) is 3.04. The SMILES string of the molecule is CCN(c1ccccc1)S(=O)(=O)c1ccc(Sc2ccc(C)cc2C)nc1. The lowest BCUT2D eigenvalue weighted by Crippen LogP contribution is -2.30. The van der Waals surface area contributed by atoms with Crippen LogP contribution in [0, 0.1) is 13.8 Å². The number of pyridine rings is 1. The van der Waals surface area contributed by atoms with Crippen molar-refractivity contribution in [2.24, 2.45) is 0 Å². The molecule has 6 heteroatoms. The average molecular weight is 399 g/mol. The van der Waals surface area contributed by atoms with Crippen molar-refractivity contribution in [2.45, 2.75) is 35.6 Å². The van der Waals surface area contributed by atoms with Crippen molar-refractivity contribution in [2.75, 3.05) is 10.8 Å². The van der Waals surface area contributed by atoms with Gasteiger partial charge in [0.15, 0.2) is 0 Å². The van der Waals surface area contributed by atoms with Crippen LogP contribution >= 0.6 is 11.8 Å². The minimum absolute atomic E-state index is 0.193. The van der Waals surface area contributed by atoms with E-state index in [0.29, 0.717) is 12.2 Å². The van der Waals surface area contributed by atoms with Gasteiger partial charge in [0.05, 0.1) is 5.69 Å². The van der Waals surface area contributed by atoms with E-state index in [-0.39, 0.29) is 4.90 Å². The summed E-state index contributed by atoms with van der Waals surface area (Å²) in [6, 6.07) is 18.7. The maximum atomic E-state index is 13.0. The van der Waals surface area contributed by atoms with Crippen LogP contribution in [0.15, 0.2) is 81.7 Å². The standard InChI is InChI=1S/C21H22N2O2S2/c1-4-23(18-8-6-5-7-9-18)27(24,25)19-11-13-21(22-15-19)26-20-12-10-16(2)14-17(20)3/h5-15H,4H2,1-3H3. The summed E-state index contributed by atoms with van der Waals surface area (Å²) in [6.45, 7) is 6.30. The van der Waals surface area contributed by atoms with Crippen molar-refractivity contribution in [3.8, 4) is 0 Å². The maximum absolute atomic E-state index is 13.0. The molecule has 0 saturated heterocycles. The quantitative estimate of drug-likeness (QED) is 0.582. The highest BCUT2D eigenvalue weighted by Crippen LogP contribution is 2.30. The van der Waals surface area contributed by atoms with Crippen LogP contribution in [0.4, 0.5) is 5.69 Å². The number of sulfonamides is 1. The van der Waals surface area contributed by atoms with Crippen molar-refractivity contribution < 1.29 is 8.42 Å². The topological polar surface area (TPSA) is 50.3 Å². The summed E-state index contributed by atoms with van der Waals surface area (Å²) < 4.78 is 27.4. The highest BCUT2D eigenvalue weighted by Gasteiger charge is 2.23. The Labute approximate surface area is 165 Å². The third kappa shape index (κ3) is 4.34. The van der Waals surface area contributed by atoms with E-state index in [9.17, 15) is 8.42 Å². The lowest BCUT2D eigenvalue weighted by atomic mass is 10.2. The van der Waals surface area contributed by atoms with Crippen molar-refractivity contribution in [3.63, 3.8) is 0 Å². The van der Waals surface area contributed by atoms with E-state index in [1.54, 1.807) is 24.3 Å². The van der Waals surface area contributed by atoms with Crippen molar-refractivity contribution in [1.82, 2.24) is 4.98 Å². The molecule has 0 unspecified atom stereocenters. The Kier molecular flexibility index (Phi) is 5.87. The monoisotopic (exact) mass is 398 g/mol. The van der Waals surface area contributed by atoms with E-state index < -0.39 is 10.0 Å². The predicted octanol–water partition coefficient (Wildman–Crippen LogP) is 5.06. The van der Waals surface area contributed by atoms with Gasteiger partial charge in [0.1, 0.15) is 9.92 Å². The molecule has 4 nitrogen and oxygen atoms in total. The molecule has 0 N–H and O–H groups in total. The van der Waals surface area contributed by atoms with Crippen molar-refractivity contribution in [1.29, 1.82) is 0 Å². The van der Waals surface area contributed by atoms with Gasteiger partial charge in [0.2, 0.25) is 0 Å². The lowest BCUT2D eigenvalue weighted by molar-refractivity contribution is 0.591. The first kappa shape index (κ1) is 19.5. The Morgan fingerprint density at radius 3 is 2.33 bits per heavy atom. The molecular formula is C21H22N2O2S2. The molecule has 0 aliphatic rings. The van der Waals surface area contributed by atoms with Crippen molar-refractivity contribution >= 4 is 27.5 Å².